The molecule has 1 amide bonds. The maximum Gasteiger partial charge on any atom is 0.223 e. The highest BCUT2D eigenvalue weighted by atomic mass is 16.2. The van der Waals surface area contributed by atoms with Crippen molar-refractivity contribution in [3.63, 3.8) is 0 Å². The molecule has 3 heteroatoms. The van der Waals surface area contributed by atoms with Gasteiger partial charge in [-0.05, 0) is 56.2 Å². The van der Waals surface area contributed by atoms with E-state index in [0.717, 1.165) is 32.2 Å². The van der Waals surface area contributed by atoms with Crippen molar-refractivity contribution in [3.8, 4) is 0 Å². The molecule has 108 valence electrons. The molecule has 1 aliphatic heterocycles. The van der Waals surface area contributed by atoms with Crippen molar-refractivity contribution in [2.24, 2.45) is 5.92 Å². The van der Waals surface area contributed by atoms with Crippen LogP contribution in [0, 0.1) is 5.92 Å². The van der Waals surface area contributed by atoms with Crippen molar-refractivity contribution in [2.75, 3.05) is 24.5 Å². The molecular formula is C17H24N2O. The maximum absolute atomic E-state index is 11.5. The molecule has 0 spiro atoms. The standard InChI is InChI=1S/C17H24N2O/c20-17(15-7-8-15)18-11-3-4-14-5-9-16(10-6-14)19-12-1-2-13-19/h5-6,9-10,15H,1-4,7-8,11-13H2,(H,18,20). The van der Waals surface area contributed by atoms with Crippen LogP contribution < -0.4 is 10.2 Å². The van der Waals surface area contributed by atoms with Crippen molar-refractivity contribution in [1.82, 2.24) is 5.32 Å². The van der Waals surface area contributed by atoms with Gasteiger partial charge in [0.05, 0.1) is 0 Å². The number of hydrogen-bond acceptors (Lipinski definition) is 2. The van der Waals surface area contributed by atoms with Crippen LogP contribution in [0.25, 0.3) is 0 Å². The van der Waals surface area contributed by atoms with Gasteiger partial charge in [-0.15, -0.1) is 0 Å². The molecule has 1 saturated carbocycles. The lowest BCUT2D eigenvalue weighted by Crippen LogP contribution is -2.26. The number of hydrogen-bond donors (Lipinski definition) is 1. The van der Waals surface area contributed by atoms with Gasteiger partial charge in [-0.1, -0.05) is 12.1 Å². The molecule has 0 unspecified atom stereocenters. The van der Waals surface area contributed by atoms with Crippen molar-refractivity contribution in [1.29, 1.82) is 0 Å². The predicted octanol–water partition coefficient (Wildman–Crippen LogP) is 2.75. The first-order chi connectivity index (χ1) is 9.83. The van der Waals surface area contributed by atoms with E-state index in [1.54, 1.807) is 0 Å². The van der Waals surface area contributed by atoms with E-state index in [1.807, 2.05) is 0 Å². The first-order valence-electron chi connectivity index (χ1n) is 7.94. The molecule has 3 rings (SSSR count). The molecule has 0 aromatic heterocycles. The van der Waals surface area contributed by atoms with Crippen LogP contribution >= 0.6 is 0 Å². The van der Waals surface area contributed by atoms with E-state index < -0.39 is 0 Å². The van der Waals surface area contributed by atoms with Crippen LogP contribution in [0.1, 0.15) is 37.7 Å². The maximum atomic E-state index is 11.5. The Morgan fingerprint density at radius 2 is 1.85 bits per heavy atom. The Morgan fingerprint density at radius 3 is 2.50 bits per heavy atom. The van der Waals surface area contributed by atoms with E-state index in [0.29, 0.717) is 5.92 Å². The molecule has 2 fully saturated rings. The lowest BCUT2D eigenvalue weighted by atomic mass is 10.1. The lowest BCUT2D eigenvalue weighted by molar-refractivity contribution is -0.122. The summed E-state index contributed by atoms with van der Waals surface area (Å²) in [5.74, 6) is 0.587. The fourth-order valence-corrected chi connectivity index (χ4v) is 2.84. The highest BCUT2D eigenvalue weighted by Gasteiger charge is 2.28. The van der Waals surface area contributed by atoms with Crippen LogP contribution in [-0.4, -0.2) is 25.5 Å². The zero-order valence-corrected chi connectivity index (χ0v) is 12.1. The van der Waals surface area contributed by atoms with Gasteiger partial charge in [0.25, 0.3) is 0 Å². The van der Waals surface area contributed by atoms with Gasteiger partial charge in [-0.25, -0.2) is 0 Å². The highest BCUT2D eigenvalue weighted by molar-refractivity contribution is 5.80. The Morgan fingerprint density at radius 1 is 1.15 bits per heavy atom. The molecule has 1 N–H and O–H groups in total. The molecule has 1 aromatic rings. The normalized spacial score (nSPS) is 18.3. The monoisotopic (exact) mass is 272 g/mol. The number of anilines is 1. The average molecular weight is 272 g/mol. The molecule has 0 atom stereocenters. The fourth-order valence-electron chi connectivity index (χ4n) is 2.84. The van der Waals surface area contributed by atoms with Gasteiger partial charge in [-0.3, -0.25) is 4.79 Å². The Kier molecular flexibility index (Phi) is 4.24. The lowest BCUT2D eigenvalue weighted by Gasteiger charge is -2.17. The first kappa shape index (κ1) is 13.5. The first-order valence-corrected chi connectivity index (χ1v) is 7.94. The van der Waals surface area contributed by atoms with Gasteiger partial charge in [0.15, 0.2) is 0 Å². The topological polar surface area (TPSA) is 32.3 Å². The van der Waals surface area contributed by atoms with Crippen molar-refractivity contribution >= 4 is 11.6 Å². The summed E-state index contributed by atoms with van der Waals surface area (Å²) in [7, 11) is 0. The number of carbonyl (C=O) groups excluding carboxylic acids is 1. The number of rotatable bonds is 6. The molecule has 1 heterocycles. The van der Waals surface area contributed by atoms with Crippen molar-refractivity contribution in [3.05, 3.63) is 29.8 Å². The van der Waals surface area contributed by atoms with Crippen molar-refractivity contribution < 1.29 is 4.79 Å². The number of nitrogens with zero attached hydrogens (tertiary/aromatic N) is 1. The van der Waals surface area contributed by atoms with Gasteiger partial charge >= 0.3 is 0 Å². The van der Waals surface area contributed by atoms with E-state index in [2.05, 4.69) is 34.5 Å². The summed E-state index contributed by atoms with van der Waals surface area (Å²) in [6, 6.07) is 8.94. The molecule has 1 aromatic carbocycles. The predicted molar refractivity (Wildman–Crippen MR) is 81.9 cm³/mol. The second-order valence-electron chi connectivity index (χ2n) is 6.03. The minimum absolute atomic E-state index is 0.259. The van der Waals surface area contributed by atoms with Crippen LogP contribution in [0.4, 0.5) is 5.69 Å². The molecule has 20 heavy (non-hydrogen) atoms. The fraction of sp³-hybridized carbons (Fsp3) is 0.588. The smallest absolute Gasteiger partial charge is 0.223 e. The summed E-state index contributed by atoms with van der Waals surface area (Å²) >= 11 is 0. The zero-order valence-electron chi connectivity index (χ0n) is 12.1. The average Bonchev–Trinajstić information content (AvgIpc) is 3.19. The van der Waals surface area contributed by atoms with Crippen molar-refractivity contribution in [2.45, 2.75) is 38.5 Å². The second kappa shape index (κ2) is 6.29. The SMILES string of the molecule is O=C(NCCCc1ccc(N2CCCC2)cc1)C1CC1. The van der Waals surface area contributed by atoms with E-state index in [1.165, 1.54) is 37.2 Å². The largest absolute Gasteiger partial charge is 0.372 e. The van der Waals surface area contributed by atoms with E-state index in [9.17, 15) is 4.79 Å². The molecule has 1 aliphatic carbocycles. The van der Waals surface area contributed by atoms with Gasteiger partial charge < -0.3 is 10.2 Å². The summed E-state index contributed by atoms with van der Waals surface area (Å²) < 4.78 is 0. The molecule has 0 bridgehead atoms. The van der Waals surface area contributed by atoms with E-state index in [-0.39, 0.29) is 5.91 Å². The Bertz CT molecular complexity index is 445. The number of aryl methyl sites for hydroxylation is 1. The molecule has 3 nitrogen and oxygen atoms in total. The highest BCUT2D eigenvalue weighted by Crippen LogP contribution is 2.28. The molecular weight excluding hydrogens is 248 g/mol. The number of carbonyl (C=O) groups is 1. The molecule has 2 aliphatic rings. The summed E-state index contributed by atoms with van der Waals surface area (Å²) in [6.07, 6.45) is 6.89. The summed E-state index contributed by atoms with van der Waals surface area (Å²) in [5, 5.41) is 3.02. The third kappa shape index (κ3) is 3.53. The Balaban J connectivity index is 1.40. The molecule has 1 saturated heterocycles. The zero-order chi connectivity index (χ0) is 13.8. The number of nitrogens with one attached hydrogen (secondary N) is 1. The Hall–Kier alpha value is -1.51. The van der Waals surface area contributed by atoms with Gasteiger partial charge in [-0.2, -0.15) is 0 Å². The van der Waals surface area contributed by atoms with Crippen LogP contribution in [0.15, 0.2) is 24.3 Å². The van der Waals surface area contributed by atoms with E-state index >= 15 is 0 Å². The third-order valence-electron chi connectivity index (χ3n) is 4.30. The van der Waals surface area contributed by atoms with Crippen LogP contribution in [0.3, 0.4) is 0 Å². The van der Waals surface area contributed by atoms with Crippen LogP contribution in [0.5, 0.6) is 0 Å². The second-order valence-corrected chi connectivity index (χ2v) is 6.03. The summed E-state index contributed by atoms with van der Waals surface area (Å²) in [4.78, 5) is 13.9. The third-order valence-corrected chi connectivity index (χ3v) is 4.30. The summed E-state index contributed by atoms with van der Waals surface area (Å²) in [5.41, 5.74) is 2.72. The number of amides is 1. The summed E-state index contributed by atoms with van der Waals surface area (Å²) in [6.45, 7) is 3.21. The van der Waals surface area contributed by atoms with Gasteiger partial charge in [0.1, 0.15) is 0 Å². The Labute approximate surface area is 121 Å². The van der Waals surface area contributed by atoms with Crippen LogP contribution in [-0.2, 0) is 11.2 Å². The minimum atomic E-state index is 0.259. The van der Waals surface area contributed by atoms with Gasteiger partial charge in [0.2, 0.25) is 5.91 Å². The minimum Gasteiger partial charge on any atom is -0.372 e. The quantitative estimate of drug-likeness (QED) is 0.808. The van der Waals surface area contributed by atoms with Gasteiger partial charge in [0, 0.05) is 31.2 Å². The molecule has 0 radical (unpaired) electrons. The number of benzene rings is 1. The van der Waals surface area contributed by atoms with Crippen LogP contribution in [0.2, 0.25) is 0 Å². The van der Waals surface area contributed by atoms with E-state index in [4.69, 9.17) is 0 Å².